The van der Waals surface area contributed by atoms with Gasteiger partial charge in [0, 0.05) is 19.5 Å². The van der Waals surface area contributed by atoms with E-state index in [-0.39, 0.29) is 17.3 Å². The number of carbonyl (C=O) groups excluding carboxylic acids is 2. The Morgan fingerprint density at radius 2 is 1.76 bits per heavy atom. The third-order valence-corrected chi connectivity index (χ3v) is 5.27. The smallest absolute Gasteiger partial charge is 0.359 e. The molecule has 4 rings (SSSR count). The number of methoxy groups -OCH3 is 1. The Morgan fingerprint density at radius 1 is 1.03 bits per heavy atom. The molecule has 1 amide bonds. The summed E-state index contributed by atoms with van der Waals surface area (Å²) >= 11 is 0. The average Bonchev–Trinajstić information content (AvgIpc) is 3.30. The van der Waals surface area contributed by atoms with Crippen LogP contribution in [0.1, 0.15) is 34.1 Å². The largest absolute Gasteiger partial charge is 0.497 e. The molecule has 0 radical (unpaired) electrons. The molecule has 1 aliphatic rings. The molecule has 0 N–H and O–H groups in total. The Kier molecular flexibility index (Phi) is 6.30. The summed E-state index contributed by atoms with van der Waals surface area (Å²) in [5, 5.41) is 9.75. The number of nitrogens with zero attached hydrogens (tertiary/aromatic N) is 4. The number of benzene rings is 2. The first-order valence-electron chi connectivity index (χ1n) is 10.3. The van der Waals surface area contributed by atoms with Crippen LogP contribution >= 0.6 is 0 Å². The van der Waals surface area contributed by atoms with Gasteiger partial charge in [0.15, 0.2) is 12.3 Å². The van der Waals surface area contributed by atoms with Crippen molar-refractivity contribution in [1.29, 1.82) is 0 Å². The van der Waals surface area contributed by atoms with Crippen molar-refractivity contribution in [3.05, 3.63) is 93.9 Å². The monoisotopic (exact) mass is 446 g/mol. The van der Waals surface area contributed by atoms with E-state index in [2.05, 4.69) is 10.2 Å². The van der Waals surface area contributed by atoms with Gasteiger partial charge in [0.25, 0.3) is 11.5 Å². The van der Waals surface area contributed by atoms with E-state index in [1.165, 1.54) is 24.2 Å². The molecular weight excluding hydrogens is 424 g/mol. The number of hydrazone groups is 1. The highest BCUT2D eigenvalue weighted by molar-refractivity contribution is 6.03. The zero-order chi connectivity index (χ0) is 23.4. The van der Waals surface area contributed by atoms with Gasteiger partial charge in [-0.05, 0) is 29.3 Å². The highest BCUT2D eigenvalue weighted by Gasteiger charge is 2.33. The summed E-state index contributed by atoms with van der Waals surface area (Å²) in [6.07, 6.45) is 0.512. The summed E-state index contributed by atoms with van der Waals surface area (Å²) in [6, 6.07) is 19.1. The number of hydrogen-bond donors (Lipinski definition) is 0. The van der Waals surface area contributed by atoms with Gasteiger partial charge in [-0.1, -0.05) is 42.5 Å². The fraction of sp³-hybridized carbons (Fsp3) is 0.208. The number of aromatic nitrogens is 2. The predicted molar refractivity (Wildman–Crippen MR) is 120 cm³/mol. The van der Waals surface area contributed by atoms with Gasteiger partial charge in [-0.3, -0.25) is 9.59 Å². The number of amides is 1. The van der Waals surface area contributed by atoms with E-state index in [0.29, 0.717) is 12.2 Å². The third-order valence-electron chi connectivity index (χ3n) is 5.27. The fourth-order valence-corrected chi connectivity index (χ4v) is 3.51. The fourth-order valence-electron chi connectivity index (χ4n) is 3.51. The Bertz CT molecular complexity index is 1250. The number of esters is 1. The highest BCUT2D eigenvalue weighted by atomic mass is 16.5. The summed E-state index contributed by atoms with van der Waals surface area (Å²) in [4.78, 5) is 36.8. The molecule has 1 unspecified atom stereocenters. The maximum absolute atomic E-state index is 13.0. The van der Waals surface area contributed by atoms with E-state index in [1.54, 1.807) is 7.11 Å². The molecule has 3 aromatic rings. The van der Waals surface area contributed by atoms with Crippen LogP contribution in [0.4, 0.5) is 0 Å². The van der Waals surface area contributed by atoms with Crippen LogP contribution in [0.5, 0.6) is 5.75 Å². The van der Waals surface area contributed by atoms with Crippen molar-refractivity contribution < 1.29 is 19.1 Å². The first kappa shape index (κ1) is 21.9. The van der Waals surface area contributed by atoms with Crippen LogP contribution in [-0.2, 0) is 16.6 Å². The first-order chi connectivity index (χ1) is 16.0. The van der Waals surface area contributed by atoms with Crippen LogP contribution in [0.25, 0.3) is 0 Å². The molecule has 1 aliphatic heterocycles. The Balaban J connectivity index is 1.54. The number of rotatable bonds is 6. The molecule has 0 fully saturated rings. The van der Waals surface area contributed by atoms with Gasteiger partial charge in [-0.2, -0.15) is 10.2 Å². The Morgan fingerprint density at radius 3 is 2.42 bits per heavy atom. The molecule has 9 nitrogen and oxygen atoms in total. The van der Waals surface area contributed by atoms with Crippen LogP contribution in [0.2, 0.25) is 0 Å². The van der Waals surface area contributed by atoms with Crippen LogP contribution in [0, 0.1) is 0 Å². The first-order valence-corrected chi connectivity index (χ1v) is 10.3. The molecule has 0 saturated heterocycles. The molecular formula is C24H22N4O5. The van der Waals surface area contributed by atoms with E-state index >= 15 is 0 Å². The van der Waals surface area contributed by atoms with Crippen LogP contribution in [0.15, 0.2) is 76.6 Å². The number of hydrogen-bond acceptors (Lipinski definition) is 7. The quantitative estimate of drug-likeness (QED) is 0.539. The van der Waals surface area contributed by atoms with Crippen molar-refractivity contribution in [1.82, 2.24) is 14.8 Å². The highest BCUT2D eigenvalue weighted by Crippen LogP contribution is 2.33. The van der Waals surface area contributed by atoms with Gasteiger partial charge in [-0.15, -0.1) is 0 Å². The van der Waals surface area contributed by atoms with Crippen LogP contribution in [-0.4, -0.2) is 46.1 Å². The number of aryl methyl sites for hydroxylation is 1. The third kappa shape index (κ3) is 4.82. The molecule has 0 aliphatic carbocycles. The second kappa shape index (κ2) is 9.47. The lowest BCUT2D eigenvalue weighted by molar-refractivity contribution is -0.136. The average molecular weight is 446 g/mol. The van der Waals surface area contributed by atoms with Crippen LogP contribution in [0.3, 0.4) is 0 Å². The van der Waals surface area contributed by atoms with E-state index < -0.39 is 18.5 Å². The SMILES string of the molecule is COc1ccc(C2CC(c3ccccc3)=NN2C(=O)COC(=O)c2ccc(=O)n(C)n2)cc1. The van der Waals surface area contributed by atoms with Gasteiger partial charge < -0.3 is 9.47 Å². The van der Waals surface area contributed by atoms with Crippen molar-refractivity contribution in [2.75, 3.05) is 13.7 Å². The summed E-state index contributed by atoms with van der Waals surface area (Å²) in [7, 11) is 3.01. The summed E-state index contributed by atoms with van der Waals surface area (Å²) < 4.78 is 11.4. The molecule has 0 bridgehead atoms. The van der Waals surface area contributed by atoms with Crippen molar-refractivity contribution in [2.24, 2.45) is 12.1 Å². The lowest BCUT2D eigenvalue weighted by Crippen LogP contribution is -2.31. The lowest BCUT2D eigenvalue weighted by atomic mass is 9.98. The van der Waals surface area contributed by atoms with Gasteiger partial charge in [0.05, 0.1) is 18.9 Å². The van der Waals surface area contributed by atoms with E-state index in [1.807, 2.05) is 54.6 Å². The Labute approximate surface area is 189 Å². The molecule has 2 aromatic carbocycles. The van der Waals surface area contributed by atoms with Crippen LogP contribution < -0.4 is 10.3 Å². The van der Waals surface area contributed by atoms with Gasteiger partial charge in [0.1, 0.15) is 5.75 Å². The summed E-state index contributed by atoms with van der Waals surface area (Å²) in [6.45, 7) is -0.512. The maximum atomic E-state index is 13.0. The lowest BCUT2D eigenvalue weighted by Gasteiger charge is -2.22. The minimum absolute atomic E-state index is 0.0634. The molecule has 168 valence electrons. The standard InChI is InChI=1S/C24H22N4O5/c1-27-22(29)13-12-19(25-27)24(31)33-15-23(30)28-21(17-8-10-18(32-2)11-9-17)14-20(26-28)16-6-4-3-5-7-16/h3-13,21H,14-15H2,1-2H3. The second-order valence-electron chi connectivity index (χ2n) is 7.40. The molecule has 0 spiro atoms. The molecule has 33 heavy (non-hydrogen) atoms. The van der Waals surface area contributed by atoms with Gasteiger partial charge >= 0.3 is 5.97 Å². The summed E-state index contributed by atoms with van der Waals surface area (Å²) in [5.74, 6) is -0.566. The molecule has 1 atom stereocenters. The zero-order valence-corrected chi connectivity index (χ0v) is 18.2. The van der Waals surface area contributed by atoms with Crippen molar-refractivity contribution in [3.8, 4) is 5.75 Å². The van der Waals surface area contributed by atoms with E-state index in [0.717, 1.165) is 21.5 Å². The number of carbonyl (C=O) groups is 2. The number of ether oxygens (including phenoxy) is 2. The van der Waals surface area contributed by atoms with Crippen molar-refractivity contribution in [2.45, 2.75) is 12.5 Å². The molecule has 2 heterocycles. The minimum Gasteiger partial charge on any atom is -0.497 e. The predicted octanol–water partition coefficient (Wildman–Crippen LogP) is 2.32. The second-order valence-corrected chi connectivity index (χ2v) is 7.40. The van der Waals surface area contributed by atoms with Gasteiger partial charge in [-0.25, -0.2) is 14.5 Å². The topological polar surface area (TPSA) is 103 Å². The van der Waals surface area contributed by atoms with E-state index in [4.69, 9.17) is 9.47 Å². The van der Waals surface area contributed by atoms with Crippen molar-refractivity contribution >= 4 is 17.6 Å². The maximum Gasteiger partial charge on any atom is 0.359 e. The molecule has 1 aromatic heterocycles. The molecule has 9 heteroatoms. The Hall–Kier alpha value is -4.27. The van der Waals surface area contributed by atoms with E-state index in [9.17, 15) is 14.4 Å². The summed E-state index contributed by atoms with van der Waals surface area (Å²) in [5.41, 5.74) is 2.13. The molecule has 0 saturated carbocycles. The van der Waals surface area contributed by atoms with Crippen molar-refractivity contribution in [3.63, 3.8) is 0 Å². The minimum atomic E-state index is -0.800. The zero-order valence-electron chi connectivity index (χ0n) is 18.2. The normalized spacial score (nSPS) is 15.2. The van der Waals surface area contributed by atoms with Gasteiger partial charge in [0.2, 0.25) is 0 Å².